The molecule has 1 aliphatic carbocycles. The molecule has 34 heavy (non-hydrogen) atoms. The van der Waals surface area contributed by atoms with Gasteiger partial charge in [0.25, 0.3) is 0 Å². The van der Waals surface area contributed by atoms with Gasteiger partial charge in [0.05, 0.1) is 19.6 Å². The number of nitrogens with two attached hydrogens (primary N) is 1. The fourth-order valence-electron chi connectivity index (χ4n) is 4.21. The molecular weight excluding hydrogens is 453 g/mol. The first-order valence-electron chi connectivity index (χ1n) is 11.9. The second kappa shape index (κ2) is 12.4. The third-order valence-corrected chi connectivity index (χ3v) is 6.46. The van der Waals surface area contributed by atoms with Crippen molar-refractivity contribution < 1.29 is 18.7 Å². The monoisotopic (exact) mass is 489 g/mol. The van der Waals surface area contributed by atoms with Gasteiger partial charge in [-0.1, -0.05) is 6.08 Å². The molecule has 2 N–H and O–H groups in total. The minimum atomic E-state index is -0.773. The zero-order valence-corrected chi connectivity index (χ0v) is 21.5. The summed E-state index contributed by atoms with van der Waals surface area (Å²) in [6.45, 7) is 12.6. The van der Waals surface area contributed by atoms with Crippen molar-refractivity contribution in [3.8, 4) is 16.9 Å². The number of esters is 1. The van der Waals surface area contributed by atoms with Crippen molar-refractivity contribution in [3.63, 3.8) is 0 Å². The van der Waals surface area contributed by atoms with E-state index in [1.807, 2.05) is 12.1 Å². The van der Waals surface area contributed by atoms with E-state index in [1.54, 1.807) is 13.0 Å². The second-order valence-corrected chi connectivity index (χ2v) is 8.95. The summed E-state index contributed by atoms with van der Waals surface area (Å²) in [4.78, 5) is 12.0. The molecule has 2 aromatic rings. The van der Waals surface area contributed by atoms with Crippen LogP contribution in [0.2, 0.25) is 0 Å². The number of halogens is 2. The smallest absolute Gasteiger partial charge is 0.307 e. The van der Waals surface area contributed by atoms with Crippen molar-refractivity contribution in [3.05, 3.63) is 64.5 Å². The lowest BCUT2D eigenvalue weighted by Crippen LogP contribution is -2.19. The molecule has 1 fully saturated rings. The highest BCUT2D eigenvalue weighted by atomic mass is 35.5. The van der Waals surface area contributed by atoms with Crippen LogP contribution in [-0.2, 0) is 9.53 Å². The molecular formula is C28H37ClFNO3. The van der Waals surface area contributed by atoms with E-state index in [0.29, 0.717) is 17.7 Å². The Morgan fingerprint density at radius 1 is 1.24 bits per heavy atom. The molecule has 0 amide bonds. The molecule has 0 radical (unpaired) electrons. The summed E-state index contributed by atoms with van der Waals surface area (Å²) in [6, 6.07) is 5.02. The van der Waals surface area contributed by atoms with Gasteiger partial charge >= 0.3 is 5.97 Å². The van der Waals surface area contributed by atoms with E-state index in [1.165, 1.54) is 5.56 Å². The van der Waals surface area contributed by atoms with Crippen molar-refractivity contribution >= 4 is 18.4 Å². The Morgan fingerprint density at radius 2 is 1.94 bits per heavy atom. The zero-order valence-electron chi connectivity index (χ0n) is 20.7. The summed E-state index contributed by atoms with van der Waals surface area (Å²) in [5, 5.41) is 0. The van der Waals surface area contributed by atoms with E-state index in [4.69, 9.17) is 15.2 Å². The van der Waals surface area contributed by atoms with Gasteiger partial charge < -0.3 is 15.2 Å². The Balaban J connectivity index is 0.00000408. The summed E-state index contributed by atoms with van der Waals surface area (Å²) in [5.41, 5.74) is 12.6. The Bertz CT molecular complexity index is 1030. The fraction of sp³-hybridized carbons (Fsp3) is 0.464. The van der Waals surface area contributed by atoms with E-state index in [9.17, 15) is 4.79 Å². The third-order valence-electron chi connectivity index (χ3n) is 6.46. The Labute approximate surface area is 209 Å². The van der Waals surface area contributed by atoms with Crippen LogP contribution in [-0.4, -0.2) is 19.2 Å². The van der Waals surface area contributed by atoms with E-state index < -0.39 is 12.0 Å². The Kier molecular flexibility index (Phi) is 10.1. The summed E-state index contributed by atoms with van der Waals surface area (Å²) in [5.74, 6) is 0.268. The summed E-state index contributed by atoms with van der Waals surface area (Å²) in [6.07, 6.45) is 5.51. The summed E-state index contributed by atoms with van der Waals surface area (Å²) >= 11 is 0. The minimum Gasteiger partial charge on any atom is -0.493 e. The predicted molar refractivity (Wildman–Crippen MR) is 138 cm³/mol. The van der Waals surface area contributed by atoms with Gasteiger partial charge in [-0.3, -0.25) is 4.79 Å². The van der Waals surface area contributed by atoms with Crippen LogP contribution in [0.4, 0.5) is 4.39 Å². The van der Waals surface area contributed by atoms with Crippen LogP contribution < -0.4 is 10.5 Å². The molecule has 0 aromatic heterocycles. The number of benzene rings is 2. The summed E-state index contributed by atoms with van der Waals surface area (Å²) < 4.78 is 26.8. The maximum absolute atomic E-state index is 15.5. The molecule has 0 bridgehead atoms. The molecule has 186 valence electrons. The molecule has 1 aliphatic rings. The lowest BCUT2D eigenvalue weighted by atomic mass is 9.88. The van der Waals surface area contributed by atoms with Crippen LogP contribution in [0.25, 0.3) is 11.1 Å². The van der Waals surface area contributed by atoms with Crippen molar-refractivity contribution in [2.75, 3.05) is 13.2 Å². The highest BCUT2D eigenvalue weighted by Gasteiger charge is 2.31. The van der Waals surface area contributed by atoms with Gasteiger partial charge in [0.2, 0.25) is 0 Å². The van der Waals surface area contributed by atoms with Crippen LogP contribution in [0.15, 0.2) is 30.9 Å². The maximum Gasteiger partial charge on any atom is 0.307 e. The quantitative estimate of drug-likeness (QED) is 0.209. The molecule has 4 nitrogen and oxygen atoms in total. The van der Waals surface area contributed by atoms with Gasteiger partial charge in [0.1, 0.15) is 11.6 Å². The van der Waals surface area contributed by atoms with E-state index in [0.717, 1.165) is 53.7 Å². The molecule has 0 heterocycles. The number of hydrogen-bond donors (Lipinski definition) is 1. The first-order chi connectivity index (χ1) is 15.8. The molecule has 6 heteroatoms. The highest BCUT2D eigenvalue weighted by molar-refractivity contribution is 5.85. The third kappa shape index (κ3) is 6.39. The highest BCUT2D eigenvalue weighted by Crippen LogP contribution is 2.46. The lowest BCUT2D eigenvalue weighted by molar-refractivity contribution is -0.143. The minimum absolute atomic E-state index is 0. The van der Waals surface area contributed by atoms with Crippen LogP contribution in [0.1, 0.15) is 78.8 Å². The zero-order chi connectivity index (χ0) is 24.1. The van der Waals surface area contributed by atoms with Gasteiger partial charge in [0, 0.05) is 17.2 Å². The van der Waals surface area contributed by atoms with Crippen LogP contribution in [0, 0.1) is 26.6 Å². The number of allylic oxidation sites excluding steroid dienone is 1. The first kappa shape index (κ1) is 27.9. The Hall–Kier alpha value is -2.37. The largest absolute Gasteiger partial charge is 0.493 e. The first-order valence-corrected chi connectivity index (χ1v) is 11.9. The molecule has 2 aromatic carbocycles. The van der Waals surface area contributed by atoms with Gasteiger partial charge in [-0.15, -0.1) is 19.0 Å². The maximum atomic E-state index is 15.5. The second-order valence-electron chi connectivity index (χ2n) is 8.95. The molecule has 0 spiro atoms. The molecule has 1 saturated carbocycles. The molecule has 3 rings (SSSR count). The summed E-state index contributed by atoms with van der Waals surface area (Å²) in [7, 11) is 0. The fourth-order valence-corrected chi connectivity index (χ4v) is 4.21. The van der Waals surface area contributed by atoms with Gasteiger partial charge in [0.15, 0.2) is 0 Å². The van der Waals surface area contributed by atoms with Gasteiger partial charge in [-0.25, -0.2) is 4.39 Å². The number of hydrogen-bond acceptors (Lipinski definition) is 4. The molecule has 0 aliphatic heterocycles. The van der Waals surface area contributed by atoms with Crippen molar-refractivity contribution in [1.82, 2.24) is 0 Å². The molecule has 0 unspecified atom stereocenters. The molecule has 1 atom stereocenters. The van der Waals surface area contributed by atoms with Crippen LogP contribution in [0.3, 0.4) is 0 Å². The van der Waals surface area contributed by atoms with E-state index in [-0.39, 0.29) is 37.2 Å². The SMILES string of the molecule is C=CCCCOc1cc(C)c(C)c(C)c1-c1cc(C2CC2)c(F)c([C@@H](N)CC(=O)OCC)c1.Cl. The predicted octanol–water partition coefficient (Wildman–Crippen LogP) is 7.02. The number of carbonyl (C=O) groups is 1. The molecule has 0 saturated heterocycles. The van der Waals surface area contributed by atoms with E-state index in [2.05, 4.69) is 33.4 Å². The number of carbonyl (C=O) groups excluding carboxylic acids is 1. The van der Waals surface area contributed by atoms with Crippen molar-refractivity contribution in [1.29, 1.82) is 0 Å². The number of rotatable bonds is 11. The van der Waals surface area contributed by atoms with Gasteiger partial charge in [-0.2, -0.15) is 0 Å². The average Bonchev–Trinajstić information content (AvgIpc) is 3.61. The Morgan fingerprint density at radius 3 is 2.56 bits per heavy atom. The van der Waals surface area contributed by atoms with E-state index >= 15 is 4.39 Å². The van der Waals surface area contributed by atoms with Gasteiger partial charge in [-0.05, 0) is 105 Å². The number of unbranched alkanes of at least 4 members (excludes halogenated alkanes) is 1. The number of aryl methyl sites for hydroxylation is 1. The topological polar surface area (TPSA) is 61.5 Å². The van der Waals surface area contributed by atoms with Crippen molar-refractivity contribution in [2.45, 2.75) is 71.8 Å². The number of ether oxygens (including phenoxy) is 2. The van der Waals surface area contributed by atoms with Crippen LogP contribution >= 0.6 is 12.4 Å². The van der Waals surface area contributed by atoms with Crippen LogP contribution in [0.5, 0.6) is 5.75 Å². The average molecular weight is 490 g/mol. The lowest BCUT2D eigenvalue weighted by Gasteiger charge is -2.21. The standard InChI is InChI=1S/C28H36FNO3.ClH/c1-6-8-9-12-33-25-13-17(3)18(4)19(5)27(25)21-14-22(20-10-11-20)28(29)23(15-21)24(30)16-26(31)32-7-2;/h6,13-15,20,24H,1,7-12,16,30H2,2-5H3;1H/t24-;/m0./s1. The van der Waals surface area contributed by atoms with Crippen molar-refractivity contribution in [2.24, 2.45) is 5.73 Å². The normalized spacial score (nSPS) is 13.7.